The first-order valence-electron chi connectivity index (χ1n) is 4.56. The Balaban J connectivity index is 2.14. The average molecular weight is 258 g/mol. The highest BCUT2D eigenvalue weighted by molar-refractivity contribution is 7.80. The van der Waals surface area contributed by atoms with Gasteiger partial charge in [0.15, 0.2) is 0 Å². The maximum absolute atomic E-state index is 6.08. The van der Waals surface area contributed by atoms with Crippen LogP contribution < -0.4 is 5.32 Å². The van der Waals surface area contributed by atoms with Crippen molar-refractivity contribution in [1.82, 2.24) is 5.32 Å². The summed E-state index contributed by atoms with van der Waals surface area (Å²) in [6.45, 7) is 0. The summed E-state index contributed by atoms with van der Waals surface area (Å²) in [4.78, 5) is 0.870. The van der Waals surface area contributed by atoms with Crippen LogP contribution in [0.25, 0.3) is 0 Å². The lowest BCUT2D eigenvalue weighted by atomic mass is 10.0. The van der Waals surface area contributed by atoms with E-state index in [1.165, 1.54) is 5.57 Å². The minimum atomic E-state index is 0.665. The molecule has 1 N–H and O–H groups in total. The van der Waals surface area contributed by atoms with E-state index in [9.17, 15) is 0 Å². The minimum absolute atomic E-state index is 0.665. The highest BCUT2D eigenvalue weighted by Crippen LogP contribution is 2.24. The molecule has 1 aromatic rings. The van der Waals surface area contributed by atoms with Gasteiger partial charge in [-0.1, -0.05) is 41.5 Å². The first-order chi connectivity index (χ1) is 7.15. The van der Waals surface area contributed by atoms with Crippen LogP contribution in [-0.2, 0) is 6.42 Å². The summed E-state index contributed by atoms with van der Waals surface area (Å²) in [5.41, 5.74) is 2.34. The van der Waals surface area contributed by atoms with E-state index in [2.05, 4.69) is 5.32 Å². The van der Waals surface area contributed by atoms with Gasteiger partial charge in [0.2, 0.25) is 0 Å². The molecule has 1 aromatic carbocycles. The van der Waals surface area contributed by atoms with Gasteiger partial charge in [-0.25, -0.2) is 0 Å². The Bertz CT molecular complexity index is 440. The van der Waals surface area contributed by atoms with Gasteiger partial charge in [-0.05, 0) is 29.7 Å². The first kappa shape index (κ1) is 10.9. The quantitative estimate of drug-likeness (QED) is 0.811. The fourth-order valence-corrected chi connectivity index (χ4v) is 2.23. The summed E-state index contributed by atoms with van der Waals surface area (Å²) in [6, 6.07) is 5.57. The van der Waals surface area contributed by atoms with E-state index < -0.39 is 0 Å². The van der Waals surface area contributed by atoms with Crippen molar-refractivity contribution in [2.75, 3.05) is 0 Å². The average Bonchev–Trinajstić information content (AvgIpc) is 2.56. The molecule has 0 aromatic heterocycles. The Morgan fingerprint density at radius 3 is 2.73 bits per heavy atom. The molecule has 0 bridgehead atoms. The third-order valence-electron chi connectivity index (χ3n) is 2.26. The lowest BCUT2D eigenvalue weighted by molar-refractivity contribution is 1.11. The van der Waals surface area contributed by atoms with E-state index in [-0.39, 0.29) is 0 Å². The van der Waals surface area contributed by atoms with E-state index in [4.69, 9.17) is 35.4 Å². The second-order valence-corrected chi connectivity index (χ2v) is 4.80. The van der Waals surface area contributed by atoms with E-state index in [1.807, 2.05) is 18.3 Å². The number of rotatable bonds is 2. The maximum atomic E-state index is 6.08. The summed E-state index contributed by atoms with van der Waals surface area (Å²) >= 11 is 17.0. The van der Waals surface area contributed by atoms with Crippen molar-refractivity contribution in [3.05, 3.63) is 45.6 Å². The summed E-state index contributed by atoms with van der Waals surface area (Å²) in [5, 5.41) is 4.40. The number of thiocarbonyl (C=S) groups is 1. The number of halogens is 2. The number of hydrogen-bond acceptors (Lipinski definition) is 1. The predicted octanol–water partition coefficient (Wildman–Crippen LogP) is 3.74. The molecule has 1 heterocycles. The van der Waals surface area contributed by atoms with Crippen LogP contribution in [0, 0.1) is 0 Å². The largest absolute Gasteiger partial charge is 0.356 e. The first-order valence-corrected chi connectivity index (χ1v) is 5.73. The zero-order valence-electron chi connectivity index (χ0n) is 7.89. The normalized spacial score (nSPS) is 15.1. The lowest BCUT2D eigenvalue weighted by Gasteiger charge is -2.04. The van der Waals surface area contributed by atoms with Gasteiger partial charge in [0.1, 0.15) is 0 Å². The minimum Gasteiger partial charge on any atom is -0.356 e. The van der Waals surface area contributed by atoms with Crippen LogP contribution in [0.1, 0.15) is 12.0 Å². The van der Waals surface area contributed by atoms with Gasteiger partial charge in [-0.2, -0.15) is 0 Å². The smallest absolute Gasteiger partial charge is 0.0834 e. The molecule has 1 nitrogen and oxygen atoms in total. The Morgan fingerprint density at radius 2 is 2.13 bits per heavy atom. The Labute approximate surface area is 104 Å². The van der Waals surface area contributed by atoms with Crippen molar-refractivity contribution in [2.45, 2.75) is 12.8 Å². The molecule has 0 amide bonds. The molecule has 0 spiro atoms. The standard InChI is InChI=1S/C11H9Cl2NS/c12-9-2-1-8(10(13)5-9)3-7-4-11(15)14-6-7/h1-2,5-6H,3-4H2,(H,14,15). The topological polar surface area (TPSA) is 12.0 Å². The van der Waals surface area contributed by atoms with Gasteiger partial charge >= 0.3 is 0 Å². The van der Waals surface area contributed by atoms with Crippen molar-refractivity contribution in [1.29, 1.82) is 0 Å². The lowest BCUT2D eigenvalue weighted by Crippen LogP contribution is -2.05. The van der Waals surface area contributed by atoms with Crippen molar-refractivity contribution in [2.24, 2.45) is 0 Å². The monoisotopic (exact) mass is 257 g/mol. The number of nitrogens with one attached hydrogen (secondary N) is 1. The van der Waals surface area contributed by atoms with Crippen LogP contribution >= 0.6 is 35.4 Å². The van der Waals surface area contributed by atoms with Crippen molar-refractivity contribution >= 4 is 40.4 Å². The summed E-state index contributed by atoms with van der Waals surface area (Å²) in [7, 11) is 0. The third-order valence-corrected chi connectivity index (χ3v) is 3.11. The molecular formula is C11H9Cl2NS. The van der Waals surface area contributed by atoms with E-state index in [0.29, 0.717) is 10.0 Å². The van der Waals surface area contributed by atoms with Gasteiger partial charge in [-0.15, -0.1) is 0 Å². The molecule has 0 saturated heterocycles. The fourth-order valence-electron chi connectivity index (χ4n) is 1.51. The molecule has 0 fully saturated rings. The molecule has 0 saturated carbocycles. The second-order valence-electron chi connectivity index (χ2n) is 3.46. The molecule has 15 heavy (non-hydrogen) atoms. The van der Waals surface area contributed by atoms with Gasteiger partial charge in [0.05, 0.1) is 4.99 Å². The van der Waals surface area contributed by atoms with E-state index in [0.717, 1.165) is 23.4 Å². The van der Waals surface area contributed by atoms with Crippen LogP contribution in [0.3, 0.4) is 0 Å². The zero-order chi connectivity index (χ0) is 10.8. The van der Waals surface area contributed by atoms with Crippen molar-refractivity contribution < 1.29 is 0 Å². The molecule has 0 unspecified atom stereocenters. The van der Waals surface area contributed by atoms with Crippen LogP contribution in [0.4, 0.5) is 0 Å². The van der Waals surface area contributed by atoms with Crippen LogP contribution in [0.5, 0.6) is 0 Å². The van der Waals surface area contributed by atoms with Crippen molar-refractivity contribution in [3.8, 4) is 0 Å². The third kappa shape index (κ3) is 2.71. The molecule has 1 aliphatic heterocycles. The molecular weight excluding hydrogens is 249 g/mol. The van der Waals surface area contributed by atoms with Crippen LogP contribution in [-0.4, -0.2) is 4.99 Å². The van der Waals surface area contributed by atoms with E-state index in [1.54, 1.807) is 6.07 Å². The Morgan fingerprint density at radius 1 is 1.33 bits per heavy atom. The number of hydrogen-bond donors (Lipinski definition) is 1. The van der Waals surface area contributed by atoms with Gasteiger partial charge in [-0.3, -0.25) is 0 Å². The highest BCUT2D eigenvalue weighted by Gasteiger charge is 2.11. The Hall–Kier alpha value is -0.570. The van der Waals surface area contributed by atoms with Crippen LogP contribution in [0.2, 0.25) is 10.0 Å². The summed E-state index contributed by atoms with van der Waals surface area (Å²) < 4.78 is 0. The summed E-state index contributed by atoms with van der Waals surface area (Å²) in [5.74, 6) is 0. The molecule has 1 aliphatic rings. The van der Waals surface area contributed by atoms with E-state index >= 15 is 0 Å². The maximum Gasteiger partial charge on any atom is 0.0834 e. The molecule has 2 rings (SSSR count). The molecule has 4 heteroatoms. The molecule has 78 valence electrons. The summed E-state index contributed by atoms with van der Waals surface area (Å²) in [6.07, 6.45) is 3.60. The van der Waals surface area contributed by atoms with Crippen molar-refractivity contribution in [3.63, 3.8) is 0 Å². The molecule has 0 aliphatic carbocycles. The van der Waals surface area contributed by atoms with Crippen LogP contribution in [0.15, 0.2) is 30.0 Å². The number of benzene rings is 1. The van der Waals surface area contributed by atoms with Gasteiger partial charge in [0.25, 0.3) is 0 Å². The van der Waals surface area contributed by atoms with Gasteiger partial charge in [0, 0.05) is 22.7 Å². The highest BCUT2D eigenvalue weighted by atomic mass is 35.5. The fraction of sp³-hybridized carbons (Fsp3) is 0.182. The molecule has 0 radical (unpaired) electrons. The Kier molecular flexibility index (Phi) is 3.29. The molecule has 0 atom stereocenters. The van der Waals surface area contributed by atoms with Gasteiger partial charge < -0.3 is 5.32 Å². The predicted molar refractivity (Wildman–Crippen MR) is 68.6 cm³/mol. The SMILES string of the molecule is S=C1CC(Cc2ccc(Cl)cc2Cl)=CN1. The second kappa shape index (κ2) is 4.52. The zero-order valence-corrected chi connectivity index (χ0v) is 10.2.